The fraction of sp³-hybridized carbons (Fsp3) is 0.444. The first-order valence-electron chi connectivity index (χ1n) is 8.74. The molecule has 1 saturated heterocycles. The van der Waals surface area contributed by atoms with E-state index in [4.69, 9.17) is 0 Å². The number of hydrogen-bond acceptors (Lipinski definition) is 5. The molecule has 3 rings (SSSR count). The number of benzene rings is 1. The maximum absolute atomic E-state index is 12.4. The van der Waals surface area contributed by atoms with E-state index >= 15 is 0 Å². The van der Waals surface area contributed by atoms with Crippen LogP contribution in [-0.2, 0) is 17.9 Å². The van der Waals surface area contributed by atoms with Crippen LogP contribution >= 0.6 is 0 Å². The third-order valence-corrected chi connectivity index (χ3v) is 4.77. The normalized spacial score (nSPS) is 15.2. The van der Waals surface area contributed by atoms with Gasteiger partial charge in [-0.3, -0.25) is 24.5 Å². The van der Waals surface area contributed by atoms with Crippen LogP contribution in [0.2, 0.25) is 0 Å². The Balaban J connectivity index is 1.44. The molecule has 1 aliphatic heterocycles. The molecule has 138 valence electrons. The molecular formula is C18H23N5O3. The number of carbonyl (C=O) groups excluding carboxylic acids is 1. The molecule has 0 atom stereocenters. The minimum atomic E-state index is -0.487. The van der Waals surface area contributed by atoms with E-state index < -0.39 is 4.92 Å². The number of carbonyl (C=O) groups is 1. The molecule has 0 radical (unpaired) electrons. The second-order valence-corrected chi connectivity index (χ2v) is 6.55. The van der Waals surface area contributed by atoms with Crippen LogP contribution in [0.3, 0.4) is 0 Å². The van der Waals surface area contributed by atoms with Crippen LogP contribution < -0.4 is 0 Å². The summed E-state index contributed by atoms with van der Waals surface area (Å²) in [5.41, 5.74) is 2.56. The van der Waals surface area contributed by atoms with Crippen molar-refractivity contribution in [1.29, 1.82) is 0 Å². The maximum atomic E-state index is 12.4. The molecule has 0 N–H and O–H groups in total. The third kappa shape index (κ3) is 4.45. The van der Waals surface area contributed by atoms with Crippen molar-refractivity contribution in [2.75, 3.05) is 26.2 Å². The summed E-state index contributed by atoms with van der Waals surface area (Å²) in [5.74, 6) is 0.0682. The van der Waals surface area contributed by atoms with Crippen molar-refractivity contribution in [3.05, 3.63) is 57.9 Å². The monoisotopic (exact) mass is 357 g/mol. The lowest BCUT2D eigenvalue weighted by atomic mass is 10.1. The molecule has 0 aliphatic carbocycles. The van der Waals surface area contributed by atoms with Crippen LogP contribution in [0.4, 0.5) is 5.69 Å². The van der Waals surface area contributed by atoms with E-state index in [2.05, 4.69) is 35.1 Å². The van der Waals surface area contributed by atoms with E-state index in [1.165, 1.54) is 28.2 Å². The predicted octanol–water partition coefficient (Wildman–Crippen LogP) is 1.83. The molecule has 1 aliphatic rings. The Morgan fingerprint density at radius 3 is 2.62 bits per heavy atom. The Bertz CT molecular complexity index is 781. The van der Waals surface area contributed by atoms with Crippen LogP contribution in [0, 0.1) is 17.0 Å². The van der Waals surface area contributed by atoms with Gasteiger partial charge in [-0.1, -0.05) is 24.3 Å². The minimum Gasteiger partial charge on any atom is -0.340 e. The lowest BCUT2D eigenvalue weighted by Crippen LogP contribution is -2.48. The van der Waals surface area contributed by atoms with Gasteiger partial charge in [0, 0.05) is 45.7 Å². The van der Waals surface area contributed by atoms with Crippen molar-refractivity contribution in [3.63, 3.8) is 0 Å². The van der Waals surface area contributed by atoms with Crippen molar-refractivity contribution in [2.24, 2.45) is 0 Å². The average Bonchev–Trinajstić information content (AvgIpc) is 3.12. The van der Waals surface area contributed by atoms with Crippen molar-refractivity contribution in [3.8, 4) is 0 Å². The SMILES string of the molecule is Cc1ccccc1CN1CCN(C(=O)CCn2cc([N+](=O)[O-])cn2)CC1. The first kappa shape index (κ1) is 18.1. The van der Waals surface area contributed by atoms with Gasteiger partial charge >= 0.3 is 5.69 Å². The minimum absolute atomic E-state index is 0.0535. The first-order valence-corrected chi connectivity index (χ1v) is 8.74. The highest BCUT2D eigenvalue weighted by atomic mass is 16.6. The van der Waals surface area contributed by atoms with Gasteiger partial charge in [0.05, 0.1) is 4.92 Å². The highest BCUT2D eigenvalue weighted by Crippen LogP contribution is 2.13. The van der Waals surface area contributed by atoms with Gasteiger partial charge in [0.15, 0.2) is 0 Å². The van der Waals surface area contributed by atoms with E-state index in [0.29, 0.717) is 26.1 Å². The van der Waals surface area contributed by atoms with Gasteiger partial charge in [-0.15, -0.1) is 0 Å². The molecule has 26 heavy (non-hydrogen) atoms. The van der Waals surface area contributed by atoms with Crippen molar-refractivity contribution in [2.45, 2.75) is 26.4 Å². The molecule has 2 heterocycles. The Hall–Kier alpha value is -2.74. The van der Waals surface area contributed by atoms with Crippen LogP contribution in [0.5, 0.6) is 0 Å². The molecule has 1 fully saturated rings. The zero-order valence-electron chi connectivity index (χ0n) is 14.9. The van der Waals surface area contributed by atoms with Gasteiger partial charge < -0.3 is 4.90 Å². The number of rotatable bonds is 6. The van der Waals surface area contributed by atoms with Crippen molar-refractivity contribution in [1.82, 2.24) is 19.6 Å². The van der Waals surface area contributed by atoms with E-state index in [1.54, 1.807) is 0 Å². The Labute approximate surface area is 152 Å². The highest BCUT2D eigenvalue weighted by molar-refractivity contribution is 5.76. The van der Waals surface area contributed by atoms with Gasteiger partial charge in [0.2, 0.25) is 5.91 Å². The Morgan fingerprint density at radius 2 is 1.96 bits per heavy atom. The van der Waals surface area contributed by atoms with Crippen LogP contribution in [0.1, 0.15) is 17.5 Å². The van der Waals surface area contributed by atoms with Crippen molar-refractivity contribution < 1.29 is 9.72 Å². The largest absolute Gasteiger partial charge is 0.340 e. The van der Waals surface area contributed by atoms with Crippen molar-refractivity contribution >= 4 is 11.6 Å². The molecule has 8 nitrogen and oxygen atoms in total. The molecule has 0 saturated carbocycles. The van der Waals surface area contributed by atoms with E-state index in [1.807, 2.05) is 11.0 Å². The molecule has 0 unspecified atom stereocenters. The summed E-state index contributed by atoms with van der Waals surface area (Å²) in [7, 11) is 0. The summed E-state index contributed by atoms with van der Waals surface area (Å²) in [6, 6.07) is 8.37. The molecular weight excluding hydrogens is 334 g/mol. The maximum Gasteiger partial charge on any atom is 0.306 e. The summed E-state index contributed by atoms with van der Waals surface area (Å²) in [6.07, 6.45) is 2.86. The Morgan fingerprint density at radius 1 is 1.23 bits per heavy atom. The molecule has 1 aromatic heterocycles. The van der Waals surface area contributed by atoms with Gasteiger partial charge in [0.25, 0.3) is 0 Å². The number of piperazine rings is 1. The average molecular weight is 357 g/mol. The zero-order valence-corrected chi connectivity index (χ0v) is 14.9. The number of aromatic nitrogens is 2. The fourth-order valence-electron chi connectivity index (χ4n) is 3.12. The lowest BCUT2D eigenvalue weighted by molar-refractivity contribution is -0.385. The first-order chi connectivity index (χ1) is 12.5. The van der Waals surface area contributed by atoms with E-state index in [-0.39, 0.29) is 11.6 Å². The smallest absolute Gasteiger partial charge is 0.306 e. The summed E-state index contributed by atoms with van der Waals surface area (Å²) in [4.78, 5) is 26.8. The second-order valence-electron chi connectivity index (χ2n) is 6.55. The zero-order chi connectivity index (χ0) is 18.5. The molecule has 8 heteroatoms. The lowest BCUT2D eigenvalue weighted by Gasteiger charge is -2.35. The molecule has 0 bridgehead atoms. The van der Waals surface area contributed by atoms with E-state index in [0.717, 1.165) is 19.6 Å². The van der Waals surface area contributed by atoms with Gasteiger partial charge in [-0.25, -0.2) is 0 Å². The highest BCUT2D eigenvalue weighted by Gasteiger charge is 2.21. The summed E-state index contributed by atoms with van der Waals surface area (Å²) in [6.45, 7) is 6.52. The Kier molecular flexibility index (Phi) is 5.62. The van der Waals surface area contributed by atoms with Crippen LogP contribution in [-0.4, -0.2) is 56.6 Å². The van der Waals surface area contributed by atoms with Crippen LogP contribution in [0.15, 0.2) is 36.7 Å². The van der Waals surface area contributed by atoms with Gasteiger partial charge in [0.1, 0.15) is 12.4 Å². The summed E-state index contributed by atoms with van der Waals surface area (Å²) in [5, 5.41) is 14.6. The van der Waals surface area contributed by atoms with Gasteiger partial charge in [-0.05, 0) is 18.1 Å². The fourth-order valence-corrected chi connectivity index (χ4v) is 3.12. The van der Waals surface area contributed by atoms with Crippen LogP contribution in [0.25, 0.3) is 0 Å². The number of aryl methyl sites for hydroxylation is 2. The molecule has 0 spiro atoms. The number of hydrogen-bond donors (Lipinski definition) is 0. The third-order valence-electron chi connectivity index (χ3n) is 4.77. The second kappa shape index (κ2) is 8.09. The number of nitro groups is 1. The quantitative estimate of drug-likeness (QED) is 0.582. The predicted molar refractivity (Wildman–Crippen MR) is 96.5 cm³/mol. The van der Waals surface area contributed by atoms with Gasteiger partial charge in [-0.2, -0.15) is 5.10 Å². The topological polar surface area (TPSA) is 84.5 Å². The number of nitrogens with zero attached hydrogens (tertiary/aromatic N) is 5. The standard InChI is InChI=1S/C18H23N5O3/c1-15-4-2-3-5-16(15)13-20-8-10-21(11-9-20)18(24)6-7-22-14-17(12-19-22)23(25)26/h2-5,12,14H,6-11,13H2,1H3. The molecule has 1 aromatic carbocycles. The van der Waals surface area contributed by atoms with E-state index in [9.17, 15) is 14.9 Å². The summed E-state index contributed by atoms with van der Waals surface area (Å²) < 4.78 is 1.45. The molecule has 1 amide bonds. The summed E-state index contributed by atoms with van der Waals surface area (Å²) >= 11 is 0. The molecule has 2 aromatic rings. The number of amides is 1.